The minimum Gasteiger partial charge on any atom is -0.351 e. The Morgan fingerprint density at radius 2 is 1.74 bits per heavy atom. The van der Waals surface area contributed by atoms with E-state index in [1.54, 1.807) is 12.1 Å². The van der Waals surface area contributed by atoms with Crippen molar-refractivity contribution in [3.8, 4) is 0 Å². The molecule has 1 aliphatic rings. The van der Waals surface area contributed by atoms with Crippen molar-refractivity contribution in [2.24, 2.45) is 0 Å². The predicted molar refractivity (Wildman–Crippen MR) is 131 cm³/mol. The molecule has 0 saturated heterocycles. The molecule has 0 saturated carbocycles. The van der Waals surface area contributed by atoms with Crippen LogP contribution in [0.25, 0.3) is 0 Å². The first-order chi connectivity index (χ1) is 16.2. The molecule has 3 aromatic carbocycles. The van der Waals surface area contributed by atoms with Gasteiger partial charge in [-0.05, 0) is 56.9 Å². The maximum absolute atomic E-state index is 13.7. The highest BCUT2D eigenvalue weighted by Crippen LogP contribution is 2.38. The van der Waals surface area contributed by atoms with Crippen LogP contribution in [0.2, 0.25) is 0 Å². The zero-order chi connectivity index (χ0) is 24.5. The molecule has 0 fully saturated rings. The summed E-state index contributed by atoms with van der Waals surface area (Å²) in [6.07, 6.45) is 0. The van der Waals surface area contributed by atoms with Gasteiger partial charge in [-0.15, -0.1) is 0 Å². The molecule has 0 bridgehead atoms. The van der Waals surface area contributed by atoms with Crippen molar-refractivity contribution < 1.29 is 18.0 Å². The lowest BCUT2D eigenvalue weighted by atomic mass is 10.1. The fraction of sp³-hybridized carbons (Fsp3) is 0.231. The molecule has 34 heavy (non-hydrogen) atoms. The van der Waals surface area contributed by atoms with E-state index in [-0.39, 0.29) is 33.5 Å². The number of aryl methyl sites for hydroxylation is 1. The summed E-state index contributed by atoms with van der Waals surface area (Å²) in [6, 6.07) is 18.3. The monoisotopic (exact) mass is 477 g/mol. The highest BCUT2D eigenvalue weighted by molar-refractivity contribution is 7.91. The van der Waals surface area contributed by atoms with Gasteiger partial charge in [0.15, 0.2) is 0 Å². The van der Waals surface area contributed by atoms with E-state index >= 15 is 0 Å². The largest absolute Gasteiger partial charge is 0.351 e. The first-order valence-corrected chi connectivity index (χ1v) is 12.5. The van der Waals surface area contributed by atoms with E-state index < -0.39 is 15.7 Å². The third kappa shape index (κ3) is 4.60. The maximum Gasteiger partial charge on any atom is 0.259 e. The van der Waals surface area contributed by atoms with Crippen LogP contribution in [0.5, 0.6) is 0 Å². The van der Waals surface area contributed by atoms with Crippen LogP contribution in [0.3, 0.4) is 0 Å². The molecule has 1 N–H and O–H groups in total. The quantitative estimate of drug-likeness (QED) is 0.589. The molecular formula is C26H27N3O4S. The van der Waals surface area contributed by atoms with E-state index in [9.17, 15) is 18.0 Å². The molecule has 4 rings (SSSR count). The fourth-order valence-electron chi connectivity index (χ4n) is 3.99. The zero-order valence-electron chi connectivity index (χ0n) is 19.4. The number of carbonyl (C=O) groups excluding carboxylic acids is 2. The molecule has 2 amide bonds. The first kappa shape index (κ1) is 23.7. The van der Waals surface area contributed by atoms with Crippen LogP contribution in [0, 0.1) is 6.92 Å². The molecular weight excluding hydrogens is 450 g/mol. The van der Waals surface area contributed by atoms with E-state index in [4.69, 9.17) is 0 Å². The van der Waals surface area contributed by atoms with Gasteiger partial charge in [0.25, 0.3) is 11.8 Å². The van der Waals surface area contributed by atoms with Gasteiger partial charge < -0.3 is 15.1 Å². The lowest BCUT2D eigenvalue weighted by molar-refractivity contribution is 0.0947. The number of benzene rings is 3. The summed E-state index contributed by atoms with van der Waals surface area (Å²) >= 11 is 0. The van der Waals surface area contributed by atoms with E-state index in [2.05, 4.69) is 5.32 Å². The molecule has 8 heteroatoms. The number of carbonyl (C=O) groups is 2. The number of likely N-dealkylation sites (N-methyl/N-ethyl adjacent to an activating group) is 1. The molecule has 0 radical (unpaired) electrons. The van der Waals surface area contributed by atoms with Gasteiger partial charge in [-0.1, -0.05) is 42.0 Å². The molecule has 0 aliphatic carbocycles. The van der Waals surface area contributed by atoms with Crippen molar-refractivity contribution in [2.45, 2.75) is 23.3 Å². The van der Waals surface area contributed by atoms with Crippen molar-refractivity contribution >= 4 is 27.3 Å². The number of sulfone groups is 1. The van der Waals surface area contributed by atoms with Gasteiger partial charge in [0.05, 0.1) is 27.6 Å². The number of fused-ring (bicyclic) bond motifs is 2. The third-order valence-electron chi connectivity index (χ3n) is 5.72. The van der Waals surface area contributed by atoms with E-state index in [0.29, 0.717) is 18.7 Å². The Morgan fingerprint density at radius 3 is 2.47 bits per heavy atom. The summed E-state index contributed by atoms with van der Waals surface area (Å²) in [7, 11) is -0.158. The maximum atomic E-state index is 13.7. The zero-order valence-corrected chi connectivity index (χ0v) is 20.2. The summed E-state index contributed by atoms with van der Waals surface area (Å²) in [5.74, 6) is -0.753. The number of anilines is 1. The molecule has 1 aliphatic heterocycles. The molecule has 0 atom stereocenters. The van der Waals surface area contributed by atoms with E-state index in [1.807, 2.05) is 50.2 Å². The molecule has 176 valence electrons. The molecule has 3 aromatic rings. The molecule has 7 nitrogen and oxygen atoms in total. The lowest BCUT2D eigenvalue weighted by Gasteiger charge is -2.24. The van der Waals surface area contributed by atoms with Crippen LogP contribution in [0.15, 0.2) is 76.5 Å². The summed E-state index contributed by atoms with van der Waals surface area (Å²) in [5.41, 5.74) is 2.49. The van der Waals surface area contributed by atoms with Crippen molar-refractivity contribution in [1.29, 1.82) is 0 Å². The van der Waals surface area contributed by atoms with Crippen LogP contribution in [0.4, 0.5) is 5.69 Å². The highest BCUT2D eigenvalue weighted by Gasteiger charge is 2.36. The molecule has 1 heterocycles. The number of nitrogens with zero attached hydrogens (tertiary/aromatic N) is 2. The Balaban J connectivity index is 1.84. The number of rotatable bonds is 6. The average Bonchev–Trinajstić information content (AvgIpc) is 2.87. The Hall–Kier alpha value is -3.49. The number of hydrogen-bond donors (Lipinski definition) is 1. The van der Waals surface area contributed by atoms with Crippen molar-refractivity contribution in [1.82, 2.24) is 10.2 Å². The minimum atomic E-state index is -3.98. The van der Waals surface area contributed by atoms with Crippen LogP contribution in [0.1, 0.15) is 31.8 Å². The van der Waals surface area contributed by atoms with Gasteiger partial charge in [0, 0.05) is 18.7 Å². The SMILES string of the molecule is Cc1cccc(CN2C(=O)c3ccccc3S(=O)(=O)c3ccc(C(=O)NCCN(C)C)cc32)c1. The second-order valence-electron chi connectivity index (χ2n) is 8.62. The summed E-state index contributed by atoms with van der Waals surface area (Å²) in [6.45, 7) is 3.23. The van der Waals surface area contributed by atoms with Gasteiger partial charge in [0.1, 0.15) is 0 Å². The molecule has 0 spiro atoms. The topological polar surface area (TPSA) is 86.8 Å². The Kier molecular flexibility index (Phi) is 6.54. The van der Waals surface area contributed by atoms with Crippen LogP contribution in [-0.2, 0) is 16.4 Å². The van der Waals surface area contributed by atoms with Crippen LogP contribution >= 0.6 is 0 Å². The lowest BCUT2D eigenvalue weighted by Crippen LogP contribution is -2.32. The predicted octanol–water partition coefficient (Wildman–Crippen LogP) is 3.28. The number of hydrogen-bond acceptors (Lipinski definition) is 5. The summed E-state index contributed by atoms with van der Waals surface area (Å²) in [5, 5.41) is 2.84. The van der Waals surface area contributed by atoms with Crippen molar-refractivity contribution in [3.63, 3.8) is 0 Å². The second-order valence-corrected chi connectivity index (χ2v) is 10.5. The van der Waals surface area contributed by atoms with Gasteiger partial charge in [-0.2, -0.15) is 0 Å². The minimum absolute atomic E-state index is 0.00305. The third-order valence-corrected chi connectivity index (χ3v) is 7.58. The Bertz CT molecular complexity index is 1370. The second kappa shape index (κ2) is 9.40. The summed E-state index contributed by atoms with van der Waals surface area (Å²) in [4.78, 5) is 29.8. The van der Waals surface area contributed by atoms with Gasteiger partial charge >= 0.3 is 0 Å². The first-order valence-electron chi connectivity index (χ1n) is 11.0. The molecule has 0 unspecified atom stereocenters. The van der Waals surface area contributed by atoms with Crippen LogP contribution < -0.4 is 10.2 Å². The smallest absolute Gasteiger partial charge is 0.259 e. The van der Waals surface area contributed by atoms with E-state index in [0.717, 1.165) is 11.1 Å². The van der Waals surface area contributed by atoms with Crippen LogP contribution in [-0.4, -0.2) is 52.3 Å². The van der Waals surface area contributed by atoms with E-state index in [1.165, 1.54) is 35.2 Å². The normalized spacial score (nSPS) is 14.4. The Morgan fingerprint density at radius 1 is 0.971 bits per heavy atom. The molecule has 0 aromatic heterocycles. The summed E-state index contributed by atoms with van der Waals surface area (Å²) < 4.78 is 27.1. The number of amides is 2. The van der Waals surface area contributed by atoms with Crippen molar-refractivity contribution in [3.05, 3.63) is 89.0 Å². The number of nitrogens with one attached hydrogen (secondary N) is 1. The Labute approximate surface area is 199 Å². The van der Waals surface area contributed by atoms with Gasteiger partial charge in [-0.3, -0.25) is 9.59 Å². The van der Waals surface area contributed by atoms with Gasteiger partial charge in [-0.25, -0.2) is 8.42 Å². The standard InChI is InChI=1S/C26H27N3O4S/c1-18-7-6-8-19(15-18)17-29-22-16-20(25(30)27-13-14-28(2)3)11-12-24(22)34(32,33)23-10-5-4-9-21(23)26(29)31/h4-12,15-16H,13-14,17H2,1-3H3,(H,27,30). The fourth-order valence-corrected chi connectivity index (χ4v) is 5.62. The van der Waals surface area contributed by atoms with Gasteiger partial charge in [0.2, 0.25) is 9.84 Å². The average molecular weight is 478 g/mol. The van der Waals surface area contributed by atoms with Crippen molar-refractivity contribution in [2.75, 3.05) is 32.1 Å². The highest BCUT2D eigenvalue weighted by atomic mass is 32.2.